The molecule has 6 heteroatoms. The van der Waals surface area contributed by atoms with Gasteiger partial charge in [-0.1, -0.05) is 156 Å². The Morgan fingerprint density at radius 1 is 0.350 bits per heavy atom. The minimum Gasteiger partial charge on any atom is -0.264 e. The van der Waals surface area contributed by atoms with E-state index in [2.05, 4.69) is 87.0 Å². The Bertz CT molecular complexity index is 1890. The maximum absolute atomic E-state index is 4.73. The van der Waals surface area contributed by atoms with Crippen molar-refractivity contribution in [3.63, 3.8) is 0 Å². The average Bonchev–Trinajstić information content (AvgIpc) is 4.06. The minimum absolute atomic E-state index is 1.22. The Morgan fingerprint density at radius 2 is 0.683 bits per heavy atom. The number of fused-ring (bicyclic) bond motifs is 2. The molecular formula is C54H76N2S4. The molecule has 0 unspecified atom stereocenters. The molecule has 6 aromatic heterocycles. The number of unbranched alkanes of at least 4 members (excludes halogenated alkanes) is 20. The lowest BCUT2D eigenvalue weighted by molar-refractivity contribution is 0.601. The molecule has 0 aliphatic heterocycles. The van der Waals surface area contributed by atoms with Gasteiger partial charge < -0.3 is 0 Å². The normalized spacial score (nSPS) is 11.9. The second-order valence-corrected chi connectivity index (χ2v) is 21.9. The van der Waals surface area contributed by atoms with Gasteiger partial charge in [0.15, 0.2) is 0 Å². The molecule has 6 heterocycles. The lowest BCUT2D eigenvalue weighted by Gasteiger charge is -2.05. The van der Waals surface area contributed by atoms with Crippen LogP contribution < -0.4 is 0 Å². The van der Waals surface area contributed by atoms with E-state index < -0.39 is 0 Å². The van der Waals surface area contributed by atoms with Crippen molar-refractivity contribution >= 4 is 66.9 Å². The third-order valence-corrected chi connectivity index (χ3v) is 18.0. The molecule has 0 saturated carbocycles. The summed E-state index contributed by atoms with van der Waals surface area (Å²) in [5.41, 5.74) is 3.24. The van der Waals surface area contributed by atoms with Crippen molar-refractivity contribution in [2.45, 2.75) is 207 Å². The van der Waals surface area contributed by atoms with Crippen LogP contribution in [-0.2, 0) is 25.7 Å². The first-order valence-electron chi connectivity index (χ1n) is 24.6. The molecule has 0 spiro atoms. The second kappa shape index (κ2) is 26.3. The van der Waals surface area contributed by atoms with Crippen molar-refractivity contribution in [2.75, 3.05) is 0 Å². The molecule has 0 aromatic carbocycles. The van der Waals surface area contributed by atoms with Crippen molar-refractivity contribution in [3.8, 4) is 29.3 Å². The maximum Gasteiger partial charge on any atom is 0.0543 e. The molecule has 326 valence electrons. The van der Waals surface area contributed by atoms with Crippen LogP contribution in [0.4, 0.5) is 0 Å². The largest absolute Gasteiger partial charge is 0.264 e. The quantitative estimate of drug-likeness (QED) is 0.0407. The van der Waals surface area contributed by atoms with Crippen LogP contribution in [0.25, 0.3) is 50.8 Å². The smallest absolute Gasteiger partial charge is 0.0543 e. The summed E-state index contributed by atoms with van der Waals surface area (Å²) < 4.78 is 0. The highest BCUT2D eigenvalue weighted by atomic mass is 32.1. The zero-order valence-electron chi connectivity index (χ0n) is 37.9. The molecule has 60 heavy (non-hydrogen) atoms. The molecule has 6 rings (SSSR count). The number of hydrogen-bond acceptors (Lipinski definition) is 6. The van der Waals surface area contributed by atoms with Crippen LogP contribution in [0.3, 0.4) is 0 Å². The summed E-state index contributed by atoms with van der Waals surface area (Å²) in [6.45, 7) is 9.27. The first-order chi connectivity index (χ1) is 29.7. The van der Waals surface area contributed by atoms with Gasteiger partial charge in [0.05, 0.1) is 19.5 Å². The van der Waals surface area contributed by atoms with E-state index in [1.165, 1.54) is 231 Å². The summed E-state index contributed by atoms with van der Waals surface area (Å²) in [5.74, 6) is 0. The summed E-state index contributed by atoms with van der Waals surface area (Å²) in [4.78, 5) is 21.3. The fourth-order valence-electron chi connectivity index (χ4n) is 9.00. The van der Waals surface area contributed by atoms with E-state index in [4.69, 9.17) is 9.97 Å². The molecule has 2 nitrogen and oxygen atoms in total. The van der Waals surface area contributed by atoms with Gasteiger partial charge in [0.2, 0.25) is 0 Å². The van der Waals surface area contributed by atoms with Gasteiger partial charge in [0, 0.05) is 65.8 Å². The molecule has 0 bridgehead atoms. The number of aryl methyl sites for hydroxylation is 4. The third kappa shape index (κ3) is 13.3. The fraction of sp³-hybridized carbons (Fsp3) is 0.593. The highest BCUT2D eigenvalue weighted by Gasteiger charge is 2.23. The van der Waals surface area contributed by atoms with Crippen LogP contribution in [0.2, 0.25) is 0 Å². The van der Waals surface area contributed by atoms with Crippen LogP contribution in [0.5, 0.6) is 0 Å². The van der Waals surface area contributed by atoms with Crippen molar-refractivity contribution < 1.29 is 0 Å². The Balaban J connectivity index is 1.31. The number of pyridine rings is 2. The predicted molar refractivity (Wildman–Crippen MR) is 273 cm³/mol. The first kappa shape index (κ1) is 47.1. The molecule has 0 aliphatic rings. The maximum atomic E-state index is 4.73. The van der Waals surface area contributed by atoms with Crippen LogP contribution >= 0.6 is 45.3 Å². The van der Waals surface area contributed by atoms with Gasteiger partial charge in [-0.25, -0.2) is 0 Å². The third-order valence-electron chi connectivity index (χ3n) is 12.6. The van der Waals surface area contributed by atoms with E-state index in [1.807, 2.05) is 35.1 Å². The highest BCUT2D eigenvalue weighted by Crippen LogP contribution is 2.53. The van der Waals surface area contributed by atoms with Gasteiger partial charge >= 0.3 is 0 Å². The molecule has 0 fully saturated rings. The van der Waals surface area contributed by atoms with Crippen molar-refractivity contribution in [1.82, 2.24) is 9.97 Å². The lowest BCUT2D eigenvalue weighted by Crippen LogP contribution is -1.91. The SMILES string of the molecule is CCCCCCCCc1cc(-c2sc(-c3sc(-c4cc(CCCCCCCC)c(CCCCCCCC)s4)c4cnccc34)c3ccncc23)sc1CCCCCCCC. The monoisotopic (exact) mass is 880 g/mol. The number of nitrogens with zero attached hydrogens (tertiary/aromatic N) is 2. The van der Waals surface area contributed by atoms with Crippen molar-refractivity contribution in [1.29, 1.82) is 0 Å². The molecular weight excluding hydrogens is 805 g/mol. The summed E-state index contributed by atoms with van der Waals surface area (Å²) in [5, 5.41) is 5.32. The Morgan fingerprint density at radius 3 is 1.05 bits per heavy atom. The lowest BCUT2D eigenvalue weighted by atomic mass is 10.0. The average molecular weight is 881 g/mol. The van der Waals surface area contributed by atoms with Crippen LogP contribution in [-0.4, -0.2) is 9.97 Å². The molecule has 0 N–H and O–H groups in total. The highest BCUT2D eigenvalue weighted by molar-refractivity contribution is 7.30. The van der Waals surface area contributed by atoms with Crippen LogP contribution in [0.15, 0.2) is 49.1 Å². The van der Waals surface area contributed by atoms with Crippen LogP contribution in [0, 0.1) is 0 Å². The Labute approximate surface area is 381 Å². The number of hydrogen-bond donors (Lipinski definition) is 0. The number of rotatable bonds is 31. The van der Waals surface area contributed by atoms with Gasteiger partial charge in [-0.3, -0.25) is 9.97 Å². The molecule has 6 aromatic rings. The van der Waals surface area contributed by atoms with E-state index in [9.17, 15) is 0 Å². The zero-order chi connectivity index (χ0) is 41.8. The van der Waals surface area contributed by atoms with Crippen LogP contribution in [0.1, 0.15) is 203 Å². The van der Waals surface area contributed by atoms with Crippen molar-refractivity contribution in [2.24, 2.45) is 0 Å². The van der Waals surface area contributed by atoms with Gasteiger partial charge in [-0.2, -0.15) is 0 Å². The summed E-state index contributed by atoms with van der Waals surface area (Å²) in [7, 11) is 0. The molecule has 0 saturated heterocycles. The van der Waals surface area contributed by atoms with E-state index in [0.717, 1.165) is 0 Å². The second-order valence-electron chi connectivity index (χ2n) is 17.6. The topological polar surface area (TPSA) is 25.8 Å². The number of aromatic nitrogens is 2. The van der Waals surface area contributed by atoms with Gasteiger partial charge in [-0.05, 0) is 86.8 Å². The fourth-order valence-corrected chi connectivity index (χ4v) is 14.4. The summed E-state index contributed by atoms with van der Waals surface area (Å²) in [6.07, 6.45) is 45.7. The molecule has 0 amide bonds. The Hall–Kier alpha value is -2.38. The summed E-state index contributed by atoms with van der Waals surface area (Å²) in [6, 6.07) is 9.74. The molecule has 0 aliphatic carbocycles. The Kier molecular flexibility index (Phi) is 20.6. The molecule has 0 atom stereocenters. The predicted octanol–water partition coefficient (Wildman–Crippen LogP) is 19.6. The van der Waals surface area contributed by atoms with E-state index in [1.54, 1.807) is 20.9 Å². The van der Waals surface area contributed by atoms with Gasteiger partial charge in [-0.15, -0.1) is 45.3 Å². The zero-order valence-corrected chi connectivity index (χ0v) is 41.2. The van der Waals surface area contributed by atoms with E-state index in [0.29, 0.717) is 0 Å². The minimum atomic E-state index is 1.22. The van der Waals surface area contributed by atoms with E-state index in [-0.39, 0.29) is 0 Å². The van der Waals surface area contributed by atoms with E-state index >= 15 is 0 Å². The van der Waals surface area contributed by atoms with Crippen molar-refractivity contribution in [3.05, 3.63) is 69.9 Å². The van der Waals surface area contributed by atoms with Gasteiger partial charge in [0.25, 0.3) is 0 Å². The molecule has 0 radical (unpaired) electrons. The van der Waals surface area contributed by atoms with Gasteiger partial charge in [0.1, 0.15) is 0 Å². The first-order valence-corrected chi connectivity index (χ1v) is 27.9. The summed E-state index contributed by atoms with van der Waals surface area (Å²) >= 11 is 8.19. The number of thiophene rings is 4. The standard InChI is InChI=1S/C54H76N2S4/c1-5-9-13-17-21-25-29-41-37-49(57-47(41)31-27-23-19-15-11-7-3)51-45-39-55-35-33-43(45)53(59-51)54-44-34-36-56-40-46(44)52(60-54)50-38-42(30-26-22-18-14-10-6-2)48(58-50)32-28-24-20-16-12-8-4/h33-40H,5-32H2,1-4H3.